The van der Waals surface area contributed by atoms with Crippen LogP contribution in [0.2, 0.25) is 0 Å². The molecule has 0 saturated carbocycles. The molecule has 8 aromatic carbocycles. The molecule has 0 atom stereocenters. The Balaban J connectivity index is 1.18. The first-order chi connectivity index (χ1) is 25.3. The summed E-state index contributed by atoms with van der Waals surface area (Å²) in [5.41, 5.74) is 7.72. The van der Waals surface area contributed by atoms with Gasteiger partial charge in [0.25, 0.3) is 0 Å². The molecule has 10 rings (SSSR count). The Labute approximate surface area is 298 Å². The first kappa shape index (κ1) is 29.6. The molecule has 51 heavy (non-hydrogen) atoms. The van der Waals surface area contributed by atoms with E-state index in [1.54, 1.807) is 0 Å². The molecule has 0 radical (unpaired) electrons. The summed E-state index contributed by atoms with van der Waals surface area (Å²) >= 11 is 0. The summed E-state index contributed by atoms with van der Waals surface area (Å²) in [5, 5.41) is 4.75. The molecule has 2 heterocycles. The molecule has 0 N–H and O–H groups in total. The number of furan rings is 1. The van der Waals surface area contributed by atoms with Crippen molar-refractivity contribution in [3.8, 4) is 16.8 Å². The summed E-state index contributed by atoms with van der Waals surface area (Å²) in [5.74, 6) is 0. The number of nitrogens with zero attached hydrogens (tertiary/aromatic N) is 1. The van der Waals surface area contributed by atoms with Crippen molar-refractivity contribution in [2.45, 2.75) is 19.6 Å². The van der Waals surface area contributed by atoms with Crippen LogP contribution in [0.4, 0.5) is 0 Å². The van der Waals surface area contributed by atoms with Gasteiger partial charge in [-0.15, -0.1) is 10.0 Å². The number of rotatable bonds is 6. The van der Waals surface area contributed by atoms with Gasteiger partial charge in [0.05, 0.1) is 11.0 Å². The quantitative estimate of drug-likeness (QED) is 0.172. The van der Waals surface area contributed by atoms with E-state index in [1.165, 1.54) is 58.2 Å². The average Bonchev–Trinajstić information content (AvgIpc) is 3.74. The van der Waals surface area contributed by atoms with Gasteiger partial charge in [-0.25, -0.2) is 0 Å². The summed E-state index contributed by atoms with van der Waals surface area (Å²) in [4.78, 5) is 5.19. The Morgan fingerprint density at radius 2 is 0.804 bits per heavy atom. The monoisotopic (exact) mass is 671 g/mol. The molecule has 242 valence electrons. The molecule has 2 aromatic heterocycles. The SMILES string of the molecule is c1ccc(-n2c3ccccc3c3cc(-c4ccc5oc6ccc(S(c7ccccc7)(c7ccccc7)c7ccccc7)cc6c5c4)ccc32)cc1. The van der Waals surface area contributed by atoms with Crippen LogP contribution in [0.1, 0.15) is 0 Å². The first-order valence-electron chi connectivity index (χ1n) is 17.3. The van der Waals surface area contributed by atoms with Gasteiger partial charge in [-0.05, 0) is 108 Å². The predicted molar refractivity (Wildman–Crippen MR) is 213 cm³/mol. The third kappa shape index (κ3) is 4.66. The zero-order valence-corrected chi connectivity index (χ0v) is 28.6. The van der Waals surface area contributed by atoms with E-state index < -0.39 is 10.0 Å². The van der Waals surface area contributed by atoms with Crippen molar-refractivity contribution in [1.29, 1.82) is 0 Å². The van der Waals surface area contributed by atoms with Crippen LogP contribution < -0.4 is 0 Å². The van der Waals surface area contributed by atoms with E-state index >= 15 is 0 Å². The Morgan fingerprint density at radius 3 is 1.43 bits per heavy atom. The second-order valence-corrected chi connectivity index (χ2v) is 16.1. The van der Waals surface area contributed by atoms with Gasteiger partial charge in [-0.3, -0.25) is 0 Å². The van der Waals surface area contributed by atoms with Gasteiger partial charge in [-0.1, -0.05) is 103 Å². The minimum absolute atomic E-state index is 0.896. The van der Waals surface area contributed by atoms with Crippen LogP contribution in [0.15, 0.2) is 224 Å². The van der Waals surface area contributed by atoms with Crippen LogP contribution in [-0.2, 0) is 0 Å². The minimum Gasteiger partial charge on any atom is -0.456 e. The van der Waals surface area contributed by atoms with Gasteiger partial charge in [0.1, 0.15) is 11.2 Å². The van der Waals surface area contributed by atoms with Crippen LogP contribution >= 0.6 is 10.0 Å². The molecule has 0 unspecified atom stereocenters. The van der Waals surface area contributed by atoms with Crippen molar-refractivity contribution in [2.75, 3.05) is 0 Å². The van der Waals surface area contributed by atoms with Gasteiger partial charge < -0.3 is 8.98 Å². The van der Waals surface area contributed by atoms with E-state index in [0.717, 1.165) is 21.9 Å². The highest BCUT2D eigenvalue weighted by molar-refractivity contribution is 8.34. The standard InChI is InChI=1S/C48H33NOS/c1-5-15-36(16-6-1)49-45-24-14-13-23-41(45)42-31-34(25-28-46(42)49)35-26-29-47-43(32-35)44-33-40(27-30-48(44)50-47)51(37-17-7-2-8-18-37,38-19-9-3-10-20-38)39-21-11-4-12-22-39/h1-33H. The number of para-hydroxylation sites is 2. The topological polar surface area (TPSA) is 18.1 Å². The molecular formula is C48H33NOS. The summed E-state index contributed by atoms with van der Waals surface area (Å²) in [6.45, 7) is 0. The molecule has 0 saturated heterocycles. The lowest BCUT2D eigenvalue weighted by atomic mass is 10.0. The number of aromatic nitrogens is 1. The summed E-state index contributed by atoms with van der Waals surface area (Å²) < 4.78 is 8.88. The van der Waals surface area contributed by atoms with Crippen LogP contribution in [-0.4, -0.2) is 4.57 Å². The van der Waals surface area contributed by atoms with Crippen LogP contribution in [0.3, 0.4) is 0 Å². The maximum Gasteiger partial charge on any atom is 0.135 e. The Bertz CT molecular complexity index is 2740. The Hall–Kier alpha value is -6.29. The van der Waals surface area contributed by atoms with Gasteiger partial charge >= 0.3 is 0 Å². The molecule has 0 aliphatic carbocycles. The maximum atomic E-state index is 6.51. The van der Waals surface area contributed by atoms with Crippen LogP contribution in [0.25, 0.3) is 60.6 Å². The molecule has 3 heteroatoms. The molecule has 0 amide bonds. The molecule has 2 nitrogen and oxygen atoms in total. The fourth-order valence-electron chi connectivity index (χ4n) is 7.82. The van der Waals surface area contributed by atoms with E-state index in [1.807, 2.05) is 0 Å². The lowest BCUT2D eigenvalue weighted by molar-refractivity contribution is 0.668. The van der Waals surface area contributed by atoms with E-state index in [9.17, 15) is 0 Å². The minimum atomic E-state index is -1.82. The fraction of sp³-hybridized carbons (Fsp3) is 0. The largest absolute Gasteiger partial charge is 0.456 e. The second kappa shape index (κ2) is 11.9. The Kier molecular flexibility index (Phi) is 6.93. The van der Waals surface area contributed by atoms with Gasteiger partial charge in [-0.2, -0.15) is 0 Å². The summed E-state index contributed by atoms with van der Waals surface area (Å²) in [7, 11) is -1.82. The highest BCUT2D eigenvalue weighted by Crippen LogP contribution is 2.73. The van der Waals surface area contributed by atoms with Crippen molar-refractivity contribution < 1.29 is 4.42 Å². The average molecular weight is 672 g/mol. The summed E-state index contributed by atoms with van der Waals surface area (Å²) in [6.07, 6.45) is 0. The number of benzene rings is 8. The predicted octanol–water partition coefficient (Wildman–Crippen LogP) is 13.7. The van der Waals surface area contributed by atoms with Gasteiger partial charge in [0, 0.05) is 46.8 Å². The number of hydrogen-bond donors (Lipinski definition) is 0. The normalized spacial score (nSPS) is 12.2. The molecule has 0 bridgehead atoms. The van der Waals surface area contributed by atoms with Crippen LogP contribution in [0, 0.1) is 0 Å². The third-order valence-electron chi connectivity index (χ3n) is 10.1. The van der Waals surface area contributed by atoms with Crippen molar-refractivity contribution in [2.24, 2.45) is 0 Å². The van der Waals surface area contributed by atoms with Crippen molar-refractivity contribution in [1.82, 2.24) is 4.57 Å². The lowest BCUT2D eigenvalue weighted by Crippen LogP contribution is -2.04. The molecule has 0 spiro atoms. The molecular weight excluding hydrogens is 639 g/mol. The first-order valence-corrected chi connectivity index (χ1v) is 19.0. The van der Waals surface area contributed by atoms with Crippen molar-refractivity contribution >= 4 is 53.8 Å². The van der Waals surface area contributed by atoms with Crippen LogP contribution in [0.5, 0.6) is 0 Å². The van der Waals surface area contributed by atoms with Crippen molar-refractivity contribution in [3.05, 3.63) is 200 Å². The highest BCUT2D eigenvalue weighted by atomic mass is 32.3. The fourth-order valence-corrected chi connectivity index (χ4v) is 11.7. The van der Waals surface area contributed by atoms with E-state index in [-0.39, 0.29) is 0 Å². The summed E-state index contributed by atoms with van der Waals surface area (Å²) in [6, 6.07) is 72.7. The van der Waals surface area contributed by atoms with E-state index in [2.05, 4.69) is 205 Å². The lowest BCUT2D eigenvalue weighted by Gasteiger charge is -2.42. The number of hydrogen-bond acceptors (Lipinski definition) is 1. The molecule has 10 aromatic rings. The van der Waals surface area contributed by atoms with Gasteiger partial charge in [0.2, 0.25) is 0 Å². The highest BCUT2D eigenvalue weighted by Gasteiger charge is 2.33. The molecule has 0 fully saturated rings. The molecule has 0 aliphatic rings. The van der Waals surface area contributed by atoms with Crippen molar-refractivity contribution in [3.63, 3.8) is 0 Å². The van der Waals surface area contributed by atoms with E-state index in [4.69, 9.17) is 4.42 Å². The third-order valence-corrected chi connectivity index (χ3v) is 14.0. The maximum absolute atomic E-state index is 6.51. The smallest absolute Gasteiger partial charge is 0.135 e. The zero-order chi connectivity index (χ0) is 33.8. The number of fused-ring (bicyclic) bond motifs is 6. The zero-order valence-electron chi connectivity index (χ0n) is 27.8. The van der Waals surface area contributed by atoms with E-state index in [0.29, 0.717) is 0 Å². The van der Waals surface area contributed by atoms with Gasteiger partial charge in [0.15, 0.2) is 0 Å². The molecule has 0 aliphatic heterocycles. The second-order valence-electron chi connectivity index (χ2n) is 12.9. The Morgan fingerprint density at radius 1 is 0.333 bits per heavy atom.